The molecular weight excluding hydrogens is 281 g/mol. The van der Waals surface area contributed by atoms with E-state index in [1.165, 1.54) is 9.58 Å². The number of alkyl halides is 3. The molecule has 0 spiro atoms. The lowest BCUT2D eigenvalue weighted by molar-refractivity contribution is -0.119. The van der Waals surface area contributed by atoms with Crippen molar-refractivity contribution in [3.05, 3.63) is 11.3 Å². The van der Waals surface area contributed by atoms with Crippen molar-refractivity contribution in [2.75, 3.05) is 18.0 Å². The number of hydrogen-bond acceptors (Lipinski definition) is 3. The zero-order valence-corrected chi connectivity index (χ0v) is 13.6. The summed E-state index contributed by atoms with van der Waals surface area (Å²) >= 11 is 0. The molecule has 0 aromatic carbocycles. The normalized spacial score (nSPS) is 12.8. The van der Waals surface area contributed by atoms with E-state index in [1.807, 2.05) is 27.7 Å². The highest BCUT2D eigenvalue weighted by Crippen LogP contribution is 2.27. The second kappa shape index (κ2) is 6.25. The predicted octanol–water partition coefficient (Wildman–Crippen LogP) is 3.01. The van der Waals surface area contributed by atoms with Crippen LogP contribution >= 0.6 is 0 Å². The minimum Gasteiger partial charge on any atom is -0.348 e. The summed E-state index contributed by atoms with van der Waals surface area (Å²) in [6.45, 7) is 9.40. The third-order valence-corrected chi connectivity index (χ3v) is 3.16. The van der Waals surface area contributed by atoms with Crippen molar-refractivity contribution in [3.63, 3.8) is 0 Å². The standard InChI is InChI=1S/C14H25F3N4/c1-7-21(9-14(15,16)17)12-11(8-18-13(3,4)5)10(2)19-20(12)6/h18H,7-9H2,1-6H3. The van der Waals surface area contributed by atoms with Gasteiger partial charge in [0.15, 0.2) is 0 Å². The number of nitrogens with one attached hydrogen (secondary N) is 1. The molecule has 122 valence electrons. The summed E-state index contributed by atoms with van der Waals surface area (Å²) in [7, 11) is 1.68. The molecular formula is C14H25F3N4. The lowest BCUT2D eigenvalue weighted by atomic mass is 10.1. The van der Waals surface area contributed by atoms with Crippen LogP contribution in [0.5, 0.6) is 0 Å². The molecule has 0 saturated carbocycles. The summed E-state index contributed by atoms with van der Waals surface area (Å²) in [4.78, 5) is 1.32. The monoisotopic (exact) mass is 306 g/mol. The van der Waals surface area contributed by atoms with Crippen molar-refractivity contribution in [1.29, 1.82) is 0 Å². The molecule has 0 bridgehead atoms. The molecule has 0 aliphatic carbocycles. The Bertz CT molecular complexity index is 472. The van der Waals surface area contributed by atoms with Gasteiger partial charge in [0, 0.05) is 31.2 Å². The smallest absolute Gasteiger partial charge is 0.348 e. The molecule has 7 heteroatoms. The average Bonchev–Trinajstić information content (AvgIpc) is 2.56. The van der Waals surface area contributed by atoms with E-state index in [0.717, 1.165) is 11.3 Å². The van der Waals surface area contributed by atoms with Crippen LogP contribution in [0.3, 0.4) is 0 Å². The molecule has 4 nitrogen and oxygen atoms in total. The third kappa shape index (κ3) is 5.22. The zero-order chi connectivity index (χ0) is 16.4. The van der Waals surface area contributed by atoms with E-state index >= 15 is 0 Å². The quantitative estimate of drug-likeness (QED) is 0.908. The molecule has 0 radical (unpaired) electrons. The van der Waals surface area contributed by atoms with Crippen LogP contribution in [0.25, 0.3) is 0 Å². The van der Waals surface area contributed by atoms with Crippen LogP contribution in [0.1, 0.15) is 39.0 Å². The average molecular weight is 306 g/mol. The number of rotatable bonds is 5. The number of aryl methyl sites for hydroxylation is 2. The van der Waals surface area contributed by atoms with Gasteiger partial charge in [0.05, 0.1) is 5.69 Å². The van der Waals surface area contributed by atoms with Crippen molar-refractivity contribution in [3.8, 4) is 0 Å². The van der Waals surface area contributed by atoms with Crippen LogP contribution in [-0.4, -0.2) is 34.6 Å². The molecule has 1 aromatic heterocycles. The predicted molar refractivity (Wildman–Crippen MR) is 78.5 cm³/mol. The summed E-state index contributed by atoms with van der Waals surface area (Å²) in [5, 5.41) is 7.59. The highest BCUT2D eigenvalue weighted by atomic mass is 19.4. The lowest BCUT2D eigenvalue weighted by Gasteiger charge is -2.27. The second-order valence-corrected chi connectivity index (χ2v) is 6.24. The molecule has 1 N–H and O–H groups in total. The van der Waals surface area contributed by atoms with Crippen LogP contribution < -0.4 is 10.2 Å². The first-order chi connectivity index (χ1) is 9.44. The van der Waals surface area contributed by atoms with Gasteiger partial charge in [0.25, 0.3) is 0 Å². The van der Waals surface area contributed by atoms with Gasteiger partial charge in [-0.1, -0.05) is 0 Å². The van der Waals surface area contributed by atoms with Crippen LogP contribution in [0, 0.1) is 6.92 Å². The Morgan fingerprint density at radius 3 is 2.24 bits per heavy atom. The zero-order valence-electron chi connectivity index (χ0n) is 13.6. The van der Waals surface area contributed by atoms with E-state index in [2.05, 4.69) is 10.4 Å². The van der Waals surface area contributed by atoms with E-state index in [9.17, 15) is 13.2 Å². The van der Waals surface area contributed by atoms with Gasteiger partial charge in [-0.2, -0.15) is 18.3 Å². The SMILES string of the molecule is CCN(CC(F)(F)F)c1c(CNC(C)(C)C)c(C)nn1C. The van der Waals surface area contributed by atoms with Crippen molar-refractivity contribution < 1.29 is 13.2 Å². The van der Waals surface area contributed by atoms with Gasteiger partial charge in [0.2, 0.25) is 0 Å². The first-order valence-electron chi connectivity index (χ1n) is 7.04. The van der Waals surface area contributed by atoms with Gasteiger partial charge >= 0.3 is 6.18 Å². The highest BCUT2D eigenvalue weighted by molar-refractivity contribution is 5.50. The molecule has 0 aliphatic heterocycles. The third-order valence-electron chi connectivity index (χ3n) is 3.16. The summed E-state index contributed by atoms with van der Waals surface area (Å²) in [6.07, 6.45) is -4.23. The summed E-state index contributed by atoms with van der Waals surface area (Å²) < 4.78 is 39.7. The van der Waals surface area contributed by atoms with E-state index in [0.29, 0.717) is 12.4 Å². The van der Waals surface area contributed by atoms with Gasteiger partial charge in [-0.3, -0.25) is 4.68 Å². The molecule has 0 unspecified atom stereocenters. The molecule has 0 fully saturated rings. The Morgan fingerprint density at radius 2 is 1.81 bits per heavy atom. The fourth-order valence-corrected chi connectivity index (χ4v) is 2.20. The fourth-order valence-electron chi connectivity index (χ4n) is 2.20. The molecule has 0 amide bonds. The van der Waals surface area contributed by atoms with E-state index in [-0.39, 0.29) is 12.1 Å². The molecule has 1 heterocycles. The number of nitrogens with zero attached hydrogens (tertiary/aromatic N) is 3. The molecule has 21 heavy (non-hydrogen) atoms. The number of halogens is 3. The van der Waals surface area contributed by atoms with Gasteiger partial charge in [-0.05, 0) is 34.6 Å². The van der Waals surface area contributed by atoms with Crippen LogP contribution in [0.15, 0.2) is 0 Å². The maximum Gasteiger partial charge on any atom is 0.405 e. The summed E-state index contributed by atoms with van der Waals surface area (Å²) in [5.41, 5.74) is 1.46. The van der Waals surface area contributed by atoms with Crippen molar-refractivity contribution in [2.24, 2.45) is 7.05 Å². The van der Waals surface area contributed by atoms with E-state index < -0.39 is 12.7 Å². The molecule has 1 aromatic rings. The number of hydrogen-bond donors (Lipinski definition) is 1. The van der Waals surface area contributed by atoms with Crippen LogP contribution in [-0.2, 0) is 13.6 Å². The van der Waals surface area contributed by atoms with Crippen molar-refractivity contribution in [2.45, 2.75) is 52.9 Å². The van der Waals surface area contributed by atoms with Gasteiger partial charge in [-0.25, -0.2) is 0 Å². The Labute approximate surface area is 124 Å². The summed E-state index contributed by atoms with van der Waals surface area (Å²) in [5.74, 6) is 0.532. The van der Waals surface area contributed by atoms with E-state index in [1.54, 1.807) is 14.0 Å². The highest BCUT2D eigenvalue weighted by Gasteiger charge is 2.32. The minimum atomic E-state index is -4.23. The Morgan fingerprint density at radius 1 is 1.24 bits per heavy atom. The van der Waals surface area contributed by atoms with Crippen LogP contribution in [0.4, 0.5) is 19.0 Å². The molecule has 0 saturated heterocycles. The Hall–Kier alpha value is -1.24. The Balaban J connectivity index is 3.09. The second-order valence-electron chi connectivity index (χ2n) is 6.24. The maximum atomic E-state index is 12.7. The summed E-state index contributed by atoms with van der Waals surface area (Å²) in [6, 6.07) is 0. The van der Waals surface area contributed by atoms with Gasteiger partial charge < -0.3 is 10.2 Å². The first-order valence-corrected chi connectivity index (χ1v) is 7.04. The van der Waals surface area contributed by atoms with E-state index in [4.69, 9.17) is 0 Å². The fraction of sp³-hybridized carbons (Fsp3) is 0.786. The largest absolute Gasteiger partial charge is 0.405 e. The molecule has 0 aliphatic rings. The van der Waals surface area contributed by atoms with Gasteiger partial charge in [0.1, 0.15) is 12.4 Å². The maximum absolute atomic E-state index is 12.7. The van der Waals surface area contributed by atoms with Crippen molar-refractivity contribution >= 4 is 5.82 Å². The van der Waals surface area contributed by atoms with Crippen LogP contribution in [0.2, 0.25) is 0 Å². The number of anilines is 1. The minimum absolute atomic E-state index is 0.110. The van der Waals surface area contributed by atoms with Gasteiger partial charge in [-0.15, -0.1) is 0 Å². The molecule has 1 rings (SSSR count). The Kier molecular flexibility index (Phi) is 5.30. The molecule has 0 atom stereocenters. The lowest BCUT2D eigenvalue weighted by Crippen LogP contribution is -2.38. The first kappa shape index (κ1) is 17.8. The topological polar surface area (TPSA) is 33.1 Å². The number of aromatic nitrogens is 2. The van der Waals surface area contributed by atoms with Crippen molar-refractivity contribution in [1.82, 2.24) is 15.1 Å².